The van der Waals surface area contributed by atoms with Crippen molar-refractivity contribution in [3.63, 3.8) is 0 Å². The molecule has 40 heavy (non-hydrogen) atoms. The first-order chi connectivity index (χ1) is 19.5. The zero-order valence-electron chi connectivity index (χ0n) is 22.8. The third-order valence-electron chi connectivity index (χ3n) is 7.16. The molecule has 1 atom stereocenters. The van der Waals surface area contributed by atoms with Gasteiger partial charge in [-0.3, -0.25) is 9.59 Å². The Morgan fingerprint density at radius 2 is 1.32 bits per heavy atom. The normalized spacial score (nSPS) is 14.2. The molecule has 0 N–H and O–H groups in total. The minimum absolute atomic E-state index is 0.0849. The predicted molar refractivity (Wildman–Crippen MR) is 152 cm³/mol. The second kappa shape index (κ2) is 11.9. The summed E-state index contributed by atoms with van der Waals surface area (Å²) in [6, 6.07) is 26.8. The van der Waals surface area contributed by atoms with Gasteiger partial charge in [0, 0.05) is 23.2 Å². The molecule has 204 valence electrons. The summed E-state index contributed by atoms with van der Waals surface area (Å²) < 4.78 is 22.5. The van der Waals surface area contributed by atoms with Crippen LogP contribution in [0, 0.1) is 0 Å². The maximum absolute atomic E-state index is 13.9. The standard InChI is InChI=1S/C33H31NO6/c1-37-26-13-15-27(16-14-26)40-21-29-28-20-31(39-3)30(38-2)19-25(28)17-18-34(29)33(36)24-11-9-23(10-12-24)32(35)22-7-5-4-6-8-22/h4-16,19-20,29H,17-18,21H2,1-3H3. The molecule has 0 aliphatic carbocycles. The van der Waals surface area contributed by atoms with Gasteiger partial charge < -0.3 is 23.8 Å². The fraction of sp³-hybridized carbons (Fsp3) is 0.212. The number of benzene rings is 4. The van der Waals surface area contributed by atoms with Gasteiger partial charge in [-0.25, -0.2) is 0 Å². The lowest BCUT2D eigenvalue weighted by molar-refractivity contribution is 0.0589. The Hall–Kier alpha value is -4.78. The molecule has 0 aromatic heterocycles. The molecular weight excluding hydrogens is 506 g/mol. The molecule has 0 saturated heterocycles. The largest absolute Gasteiger partial charge is 0.497 e. The van der Waals surface area contributed by atoms with Crippen LogP contribution in [0.3, 0.4) is 0 Å². The molecule has 1 aliphatic rings. The number of carbonyl (C=O) groups is 2. The lowest BCUT2D eigenvalue weighted by Gasteiger charge is -2.37. The van der Waals surface area contributed by atoms with Crippen molar-refractivity contribution in [3.8, 4) is 23.0 Å². The second-order valence-corrected chi connectivity index (χ2v) is 9.43. The fourth-order valence-electron chi connectivity index (χ4n) is 4.98. The van der Waals surface area contributed by atoms with E-state index in [1.54, 1.807) is 57.7 Å². The van der Waals surface area contributed by atoms with E-state index >= 15 is 0 Å². The molecule has 1 heterocycles. The van der Waals surface area contributed by atoms with Gasteiger partial charge in [-0.05, 0) is 66.1 Å². The molecule has 4 aromatic carbocycles. The number of ketones is 1. The summed E-state index contributed by atoms with van der Waals surface area (Å²) in [6.45, 7) is 0.744. The van der Waals surface area contributed by atoms with E-state index in [0.29, 0.717) is 46.9 Å². The summed E-state index contributed by atoms with van der Waals surface area (Å²) in [6.07, 6.45) is 0.658. The Morgan fingerprint density at radius 3 is 1.98 bits per heavy atom. The molecule has 0 radical (unpaired) electrons. The molecule has 1 amide bonds. The van der Waals surface area contributed by atoms with E-state index < -0.39 is 0 Å². The minimum Gasteiger partial charge on any atom is -0.497 e. The molecule has 5 rings (SSSR count). The average Bonchev–Trinajstić information content (AvgIpc) is 3.02. The highest BCUT2D eigenvalue weighted by Gasteiger charge is 2.33. The van der Waals surface area contributed by atoms with E-state index in [0.717, 1.165) is 16.9 Å². The van der Waals surface area contributed by atoms with Crippen molar-refractivity contribution in [2.45, 2.75) is 12.5 Å². The van der Waals surface area contributed by atoms with Crippen molar-refractivity contribution in [3.05, 3.63) is 119 Å². The number of ether oxygens (including phenoxy) is 4. The number of carbonyl (C=O) groups excluding carboxylic acids is 2. The van der Waals surface area contributed by atoms with Gasteiger partial charge in [0.15, 0.2) is 17.3 Å². The van der Waals surface area contributed by atoms with Crippen LogP contribution in [0.15, 0.2) is 91.0 Å². The molecule has 0 bridgehead atoms. The number of methoxy groups -OCH3 is 3. The van der Waals surface area contributed by atoms with Crippen LogP contribution in [0.2, 0.25) is 0 Å². The van der Waals surface area contributed by atoms with Crippen molar-refractivity contribution in [1.29, 1.82) is 0 Å². The third kappa shape index (κ3) is 5.50. The van der Waals surface area contributed by atoms with E-state index in [1.807, 2.05) is 59.5 Å². The Kier molecular flexibility index (Phi) is 8.01. The van der Waals surface area contributed by atoms with Crippen molar-refractivity contribution in [2.24, 2.45) is 0 Å². The van der Waals surface area contributed by atoms with Gasteiger partial charge in [-0.15, -0.1) is 0 Å². The highest BCUT2D eigenvalue weighted by atomic mass is 16.5. The molecule has 7 nitrogen and oxygen atoms in total. The second-order valence-electron chi connectivity index (χ2n) is 9.43. The van der Waals surface area contributed by atoms with Crippen LogP contribution >= 0.6 is 0 Å². The number of amides is 1. The Bertz CT molecular complexity index is 1480. The molecular formula is C33H31NO6. The van der Waals surface area contributed by atoms with Crippen LogP contribution in [0.4, 0.5) is 0 Å². The summed E-state index contributed by atoms with van der Waals surface area (Å²) >= 11 is 0. The monoisotopic (exact) mass is 537 g/mol. The quantitative estimate of drug-likeness (QED) is 0.253. The van der Waals surface area contributed by atoms with Crippen LogP contribution in [-0.4, -0.2) is 51.1 Å². The summed E-state index contributed by atoms with van der Waals surface area (Å²) in [4.78, 5) is 28.5. The lowest BCUT2D eigenvalue weighted by Crippen LogP contribution is -2.42. The third-order valence-corrected chi connectivity index (χ3v) is 7.16. The average molecular weight is 538 g/mol. The molecule has 0 spiro atoms. The smallest absolute Gasteiger partial charge is 0.254 e. The summed E-state index contributed by atoms with van der Waals surface area (Å²) in [5, 5.41) is 0. The van der Waals surface area contributed by atoms with Crippen LogP contribution in [-0.2, 0) is 6.42 Å². The maximum Gasteiger partial charge on any atom is 0.254 e. The molecule has 1 unspecified atom stereocenters. The van der Waals surface area contributed by atoms with Gasteiger partial charge in [0.1, 0.15) is 18.1 Å². The van der Waals surface area contributed by atoms with E-state index in [4.69, 9.17) is 18.9 Å². The van der Waals surface area contributed by atoms with Gasteiger partial charge in [-0.2, -0.15) is 0 Å². The lowest BCUT2D eigenvalue weighted by atomic mass is 9.91. The topological polar surface area (TPSA) is 74.3 Å². The highest BCUT2D eigenvalue weighted by Crippen LogP contribution is 2.39. The molecule has 4 aromatic rings. The first-order valence-electron chi connectivity index (χ1n) is 13.0. The van der Waals surface area contributed by atoms with Crippen molar-refractivity contribution >= 4 is 11.7 Å². The number of fused-ring (bicyclic) bond motifs is 1. The fourth-order valence-corrected chi connectivity index (χ4v) is 4.98. The van der Waals surface area contributed by atoms with Gasteiger partial charge in [0.2, 0.25) is 0 Å². The first-order valence-corrected chi connectivity index (χ1v) is 13.0. The maximum atomic E-state index is 13.9. The Balaban J connectivity index is 1.43. The molecule has 0 fully saturated rings. The van der Waals surface area contributed by atoms with E-state index in [2.05, 4.69) is 0 Å². The summed E-state index contributed by atoms with van der Waals surface area (Å²) in [5.41, 5.74) is 3.66. The minimum atomic E-state index is -0.371. The predicted octanol–water partition coefficient (Wildman–Crippen LogP) is 5.76. The highest BCUT2D eigenvalue weighted by molar-refractivity contribution is 6.09. The zero-order valence-corrected chi connectivity index (χ0v) is 22.8. The number of hydrogen-bond acceptors (Lipinski definition) is 6. The van der Waals surface area contributed by atoms with Crippen LogP contribution in [0.5, 0.6) is 23.0 Å². The summed E-state index contributed by atoms with van der Waals surface area (Å²) in [7, 11) is 4.82. The SMILES string of the molecule is COc1ccc(OCC2c3cc(OC)c(OC)cc3CCN2C(=O)c2ccc(C(=O)c3ccccc3)cc2)cc1. The van der Waals surface area contributed by atoms with E-state index in [9.17, 15) is 9.59 Å². The van der Waals surface area contributed by atoms with Crippen LogP contribution < -0.4 is 18.9 Å². The number of hydrogen-bond donors (Lipinski definition) is 0. The van der Waals surface area contributed by atoms with Crippen LogP contribution in [0.1, 0.15) is 43.4 Å². The molecule has 7 heteroatoms. The van der Waals surface area contributed by atoms with Crippen molar-refractivity contribution < 1.29 is 28.5 Å². The van der Waals surface area contributed by atoms with Gasteiger partial charge in [0.05, 0.1) is 27.4 Å². The number of nitrogens with zero attached hydrogens (tertiary/aromatic N) is 1. The Morgan fingerprint density at radius 1 is 0.725 bits per heavy atom. The Labute approximate surface area is 233 Å². The van der Waals surface area contributed by atoms with E-state index in [1.165, 1.54) is 0 Å². The molecule has 1 aliphatic heterocycles. The van der Waals surface area contributed by atoms with Crippen molar-refractivity contribution in [1.82, 2.24) is 4.90 Å². The number of rotatable bonds is 9. The zero-order chi connectivity index (χ0) is 28.1. The van der Waals surface area contributed by atoms with Crippen LogP contribution in [0.25, 0.3) is 0 Å². The van der Waals surface area contributed by atoms with Gasteiger partial charge in [0.25, 0.3) is 5.91 Å². The van der Waals surface area contributed by atoms with Gasteiger partial charge in [-0.1, -0.05) is 42.5 Å². The molecule has 0 saturated carbocycles. The van der Waals surface area contributed by atoms with E-state index in [-0.39, 0.29) is 24.3 Å². The van der Waals surface area contributed by atoms with Gasteiger partial charge >= 0.3 is 0 Å². The van der Waals surface area contributed by atoms with Crippen molar-refractivity contribution in [2.75, 3.05) is 34.5 Å². The summed E-state index contributed by atoms with van der Waals surface area (Å²) in [5.74, 6) is 2.42. The first kappa shape index (κ1) is 26.8.